The molecule has 1 heterocycles. The lowest BCUT2D eigenvalue weighted by atomic mass is 10.5. The van der Waals surface area contributed by atoms with Crippen LogP contribution in [0.5, 0.6) is 0 Å². The second-order valence-corrected chi connectivity index (χ2v) is 13.5. The monoisotopic (exact) mass is 346 g/mol. The van der Waals surface area contributed by atoms with E-state index >= 15 is 0 Å². The van der Waals surface area contributed by atoms with Gasteiger partial charge in [-0.15, -0.1) is 0 Å². The third-order valence-electron chi connectivity index (χ3n) is 3.39. The first-order chi connectivity index (χ1) is 9.65. The molecule has 0 saturated heterocycles. The van der Waals surface area contributed by atoms with E-state index in [1.165, 1.54) is 5.44 Å². The Labute approximate surface area is 138 Å². The van der Waals surface area contributed by atoms with Crippen LogP contribution in [0.3, 0.4) is 0 Å². The molecule has 0 aliphatic heterocycles. The highest BCUT2D eigenvalue weighted by molar-refractivity contribution is 7.67. The van der Waals surface area contributed by atoms with Crippen molar-refractivity contribution in [3.63, 3.8) is 0 Å². The van der Waals surface area contributed by atoms with Crippen LogP contribution in [0.25, 0.3) is 0 Å². The van der Waals surface area contributed by atoms with Crippen molar-refractivity contribution in [2.45, 2.75) is 78.0 Å². The predicted molar refractivity (Wildman–Crippen MR) is 101 cm³/mol. The Hall–Kier alpha value is 0.230. The van der Waals surface area contributed by atoms with Crippen LogP contribution < -0.4 is 11.0 Å². The fourth-order valence-corrected chi connectivity index (χ4v) is 8.52. The molecule has 1 rings (SSSR count). The van der Waals surface area contributed by atoms with Crippen molar-refractivity contribution >= 4 is 38.4 Å². The van der Waals surface area contributed by atoms with E-state index in [0.717, 1.165) is 5.57 Å². The third-order valence-corrected chi connectivity index (χ3v) is 9.45. The minimum Gasteiger partial charge on any atom is -0.229 e. The molecule has 1 aromatic heterocycles. The first-order valence-electron chi connectivity index (χ1n) is 7.76. The van der Waals surface area contributed by atoms with Gasteiger partial charge in [-0.2, -0.15) is 0 Å². The Balaban J connectivity index is 3.32. The van der Waals surface area contributed by atoms with E-state index in [1.54, 1.807) is 0 Å². The Kier molecular flexibility index (Phi) is 7.51. The van der Waals surface area contributed by atoms with Gasteiger partial charge in [0.2, 0.25) is 0 Å². The van der Waals surface area contributed by atoms with Crippen LogP contribution in [-0.2, 0) is 0 Å². The first-order valence-corrected chi connectivity index (χ1v) is 11.1. The zero-order valence-corrected chi connectivity index (χ0v) is 17.1. The molecule has 0 fully saturated rings. The minimum atomic E-state index is -0.366. The van der Waals surface area contributed by atoms with Gasteiger partial charge in [0.05, 0.1) is 5.44 Å². The van der Waals surface area contributed by atoms with Crippen LogP contribution >= 0.6 is 27.4 Å². The van der Waals surface area contributed by atoms with E-state index in [9.17, 15) is 0 Å². The molecule has 0 bridgehead atoms. The maximum Gasteiger partial charge on any atom is 0.153 e. The second-order valence-electron chi connectivity index (χ2n) is 6.54. The molecule has 0 N–H and O–H groups in total. The lowest BCUT2D eigenvalue weighted by molar-refractivity contribution is 1.01. The van der Waals surface area contributed by atoms with E-state index in [2.05, 4.69) is 60.4 Å². The molecule has 0 radical (unpaired) electrons. The smallest absolute Gasteiger partial charge is 0.153 e. The van der Waals surface area contributed by atoms with Gasteiger partial charge in [-0.05, 0) is 38.5 Å². The van der Waals surface area contributed by atoms with Crippen molar-refractivity contribution in [2.75, 3.05) is 0 Å². The molecular formula is C16H29ClN2P2. The molecule has 0 aromatic carbocycles. The standard InChI is InChI=1S/C16H29ClN2P2/c1-10(2)20(11(3)4)15-9-14(17)18-16(19-15)21(12(5)6)13(7)8/h9-13H,1-8H3. The molecule has 1 aromatic rings. The third kappa shape index (κ3) is 5.12. The van der Waals surface area contributed by atoms with Gasteiger partial charge in [-0.3, -0.25) is 0 Å². The molecule has 0 atom stereocenters. The topological polar surface area (TPSA) is 25.8 Å². The van der Waals surface area contributed by atoms with Gasteiger partial charge in [-0.1, -0.05) is 67.0 Å². The van der Waals surface area contributed by atoms with Gasteiger partial charge >= 0.3 is 0 Å². The summed E-state index contributed by atoms with van der Waals surface area (Å²) < 4.78 is 0. The van der Waals surface area contributed by atoms with E-state index < -0.39 is 0 Å². The van der Waals surface area contributed by atoms with Gasteiger partial charge in [0, 0.05) is 6.07 Å². The quantitative estimate of drug-likeness (QED) is 0.536. The molecule has 0 aliphatic rings. The van der Waals surface area contributed by atoms with Crippen molar-refractivity contribution in [1.82, 2.24) is 9.97 Å². The molecule has 21 heavy (non-hydrogen) atoms. The summed E-state index contributed by atoms with van der Waals surface area (Å²) in [5, 5.41) is 0.609. The SMILES string of the molecule is CC(C)P(c1cc(Cl)nc(P(C(C)C)C(C)C)n1)C(C)C. The summed E-state index contributed by atoms with van der Waals surface area (Å²) in [4.78, 5) is 9.55. The number of aromatic nitrogens is 2. The number of hydrogen-bond donors (Lipinski definition) is 0. The maximum absolute atomic E-state index is 6.33. The molecule has 2 nitrogen and oxygen atoms in total. The number of rotatable bonds is 6. The van der Waals surface area contributed by atoms with Gasteiger partial charge < -0.3 is 0 Å². The number of hydrogen-bond acceptors (Lipinski definition) is 2. The normalized spacial score (nSPS) is 12.7. The van der Waals surface area contributed by atoms with Gasteiger partial charge in [0.15, 0.2) is 5.57 Å². The first kappa shape index (κ1) is 19.3. The van der Waals surface area contributed by atoms with Crippen LogP contribution in [0.4, 0.5) is 0 Å². The van der Waals surface area contributed by atoms with Crippen LogP contribution in [-0.4, -0.2) is 32.6 Å². The average Bonchev–Trinajstić information content (AvgIpc) is 2.25. The molecule has 0 amide bonds. The summed E-state index contributed by atoms with van der Waals surface area (Å²) in [6.45, 7) is 18.2. The summed E-state index contributed by atoms with van der Waals surface area (Å²) in [5.41, 5.74) is 4.56. The van der Waals surface area contributed by atoms with Crippen LogP contribution in [0.2, 0.25) is 5.15 Å². The molecular weight excluding hydrogens is 318 g/mol. The van der Waals surface area contributed by atoms with Crippen LogP contribution in [0.1, 0.15) is 55.4 Å². The molecule has 0 aliphatic carbocycles. The number of halogens is 1. The van der Waals surface area contributed by atoms with Gasteiger partial charge in [0.25, 0.3) is 0 Å². The second kappa shape index (κ2) is 8.19. The maximum atomic E-state index is 6.33. The molecule has 0 saturated carbocycles. The largest absolute Gasteiger partial charge is 0.229 e. The van der Waals surface area contributed by atoms with Crippen molar-refractivity contribution in [1.29, 1.82) is 0 Å². The van der Waals surface area contributed by atoms with E-state index in [-0.39, 0.29) is 15.8 Å². The van der Waals surface area contributed by atoms with E-state index in [1.807, 2.05) is 6.07 Å². The summed E-state index contributed by atoms with van der Waals surface area (Å²) in [7, 11) is -0.660. The van der Waals surface area contributed by atoms with Gasteiger partial charge in [0.1, 0.15) is 5.15 Å². The highest BCUT2D eigenvalue weighted by Crippen LogP contribution is 2.46. The highest BCUT2D eigenvalue weighted by Gasteiger charge is 2.26. The van der Waals surface area contributed by atoms with Crippen molar-refractivity contribution in [3.05, 3.63) is 11.2 Å². The Morgan fingerprint density at radius 2 is 1.19 bits per heavy atom. The van der Waals surface area contributed by atoms with Crippen LogP contribution in [0.15, 0.2) is 6.07 Å². The Morgan fingerprint density at radius 3 is 1.57 bits per heavy atom. The average molecular weight is 347 g/mol. The highest BCUT2D eigenvalue weighted by atomic mass is 35.5. The summed E-state index contributed by atoms with van der Waals surface area (Å²) in [6, 6.07) is 1.99. The van der Waals surface area contributed by atoms with Crippen molar-refractivity contribution in [2.24, 2.45) is 0 Å². The van der Waals surface area contributed by atoms with E-state index in [4.69, 9.17) is 16.6 Å². The van der Waals surface area contributed by atoms with E-state index in [0.29, 0.717) is 27.8 Å². The minimum absolute atomic E-state index is 0.295. The van der Waals surface area contributed by atoms with Crippen molar-refractivity contribution < 1.29 is 0 Å². The fourth-order valence-electron chi connectivity index (χ4n) is 2.83. The summed E-state index contributed by atoms with van der Waals surface area (Å²) in [6.07, 6.45) is 0. The number of nitrogens with zero attached hydrogens (tertiary/aromatic N) is 2. The van der Waals surface area contributed by atoms with Gasteiger partial charge in [-0.25, -0.2) is 9.97 Å². The summed E-state index contributed by atoms with van der Waals surface area (Å²) in [5.74, 6) is 0. The Morgan fingerprint density at radius 1 is 0.762 bits per heavy atom. The van der Waals surface area contributed by atoms with Crippen LogP contribution in [0, 0.1) is 0 Å². The molecule has 0 spiro atoms. The lowest BCUT2D eigenvalue weighted by Gasteiger charge is -2.28. The zero-order chi connectivity index (χ0) is 16.3. The molecule has 0 unspecified atom stereocenters. The Bertz CT molecular complexity index is 407. The molecule has 120 valence electrons. The lowest BCUT2D eigenvalue weighted by Crippen LogP contribution is -2.29. The van der Waals surface area contributed by atoms with Crippen molar-refractivity contribution in [3.8, 4) is 0 Å². The summed E-state index contributed by atoms with van der Waals surface area (Å²) >= 11 is 6.33. The predicted octanol–water partition coefficient (Wildman–Crippen LogP) is 4.98. The molecule has 5 heteroatoms. The zero-order valence-electron chi connectivity index (χ0n) is 14.6. The fraction of sp³-hybridized carbons (Fsp3) is 0.750.